The lowest BCUT2D eigenvalue weighted by Crippen LogP contribution is -2.20. The molecule has 1 aromatic heterocycles. The lowest BCUT2D eigenvalue weighted by atomic mass is 9.83. The van der Waals surface area contributed by atoms with Gasteiger partial charge in [0, 0.05) is 5.39 Å². The van der Waals surface area contributed by atoms with Crippen molar-refractivity contribution in [2.45, 2.75) is 33.3 Å². The third-order valence-electron chi connectivity index (χ3n) is 3.44. The van der Waals surface area contributed by atoms with Gasteiger partial charge in [0.15, 0.2) is 11.4 Å². The second kappa shape index (κ2) is 4.15. The lowest BCUT2D eigenvalue weighted by Gasteiger charge is -2.27. The number of furan rings is 1. The molecule has 1 unspecified atom stereocenters. The van der Waals surface area contributed by atoms with Gasteiger partial charge in [-0.1, -0.05) is 32.9 Å². The van der Waals surface area contributed by atoms with Crippen LogP contribution in [-0.2, 0) is 0 Å². The Balaban J connectivity index is 2.47. The second-order valence-corrected chi connectivity index (χ2v) is 5.05. The Morgan fingerprint density at radius 3 is 2.71 bits per heavy atom. The van der Waals surface area contributed by atoms with E-state index in [1.807, 2.05) is 20.8 Å². The van der Waals surface area contributed by atoms with Gasteiger partial charge in [0.25, 0.3) is 0 Å². The first-order chi connectivity index (χ1) is 7.95. The molecule has 1 N–H and O–H groups in total. The Labute approximate surface area is 100 Å². The number of fused-ring (bicyclic) bond motifs is 1. The highest BCUT2D eigenvalue weighted by Gasteiger charge is 2.30. The molecule has 2 rings (SSSR count). The van der Waals surface area contributed by atoms with Gasteiger partial charge in [-0.05, 0) is 24.0 Å². The van der Waals surface area contributed by atoms with E-state index >= 15 is 0 Å². The van der Waals surface area contributed by atoms with Crippen LogP contribution in [0, 0.1) is 11.2 Å². The topological polar surface area (TPSA) is 33.4 Å². The van der Waals surface area contributed by atoms with Crippen molar-refractivity contribution in [2.75, 3.05) is 0 Å². The van der Waals surface area contributed by atoms with Gasteiger partial charge in [0.2, 0.25) is 0 Å². The predicted molar refractivity (Wildman–Crippen MR) is 65.2 cm³/mol. The molecule has 0 aliphatic rings. The molecular formula is C14H17FO2. The van der Waals surface area contributed by atoms with E-state index in [1.165, 1.54) is 6.07 Å². The molecule has 0 fully saturated rings. The van der Waals surface area contributed by atoms with E-state index in [4.69, 9.17) is 4.42 Å². The van der Waals surface area contributed by atoms with Crippen LogP contribution in [0.3, 0.4) is 0 Å². The molecule has 3 heteroatoms. The average molecular weight is 236 g/mol. The summed E-state index contributed by atoms with van der Waals surface area (Å²) in [5.74, 6) is 0.0344. The standard InChI is InChI=1S/C14H17FO2/c1-4-14(2,3)13(16)11-8-9-6-5-7-10(15)12(9)17-11/h5-8,13,16H,4H2,1-3H3. The summed E-state index contributed by atoms with van der Waals surface area (Å²) in [7, 11) is 0. The van der Waals surface area contributed by atoms with Gasteiger partial charge in [-0.15, -0.1) is 0 Å². The van der Waals surface area contributed by atoms with Crippen molar-refractivity contribution in [3.63, 3.8) is 0 Å². The number of aliphatic hydroxyl groups excluding tert-OH is 1. The Bertz CT molecular complexity index is 528. The summed E-state index contributed by atoms with van der Waals surface area (Å²) in [5, 5.41) is 10.9. The minimum absolute atomic E-state index is 0.216. The fourth-order valence-corrected chi connectivity index (χ4v) is 1.76. The van der Waals surface area contributed by atoms with Crippen LogP contribution >= 0.6 is 0 Å². The third-order valence-corrected chi connectivity index (χ3v) is 3.44. The monoisotopic (exact) mass is 236 g/mol. The number of para-hydroxylation sites is 1. The van der Waals surface area contributed by atoms with Crippen LogP contribution in [0.15, 0.2) is 28.7 Å². The quantitative estimate of drug-likeness (QED) is 0.872. The van der Waals surface area contributed by atoms with E-state index in [2.05, 4.69) is 0 Å². The van der Waals surface area contributed by atoms with Crippen LogP contribution in [0.4, 0.5) is 4.39 Å². The van der Waals surface area contributed by atoms with Crippen molar-refractivity contribution in [1.82, 2.24) is 0 Å². The van der Waals surface area contributed by atoms with Crippen molar-refractivity contribution in [1.29, 1.82) is 0 Å². The van der Waals surface area contributed by atoms with Crippen molar-refractivity contribution in [3.8, 4) is 0 Å². The molecule has 0 aliphatic heterocycles. The zero-order valence-electron chi connectivity index (χ0n) is 10.3. The molecule has 17 heavy (non-hydrogen) atoms. The lowest BCUT2D eigenvalue weighted by molar-refractivity contribution is 0.0298. The van der Waals surface area contributed by atoms with Crippen molar-refractivity contribution in [3.05, 3.63) is 35.8 Å². The third kappa shape index (κ3) is 2.07. The Morgan fingerprint density at radius 1 is 1.41 bits per heavy atom. The van der Waals surface area contributed by atoms with Crippen molar-refractivity contribution < 1.29 is 13.9 Å². The van der Waals surface area contributed by atoms with E-state index in [-0.39, 0.29) is 11.0 Å². The maximum Gasteiger partial charge on any atom is 0.170 e. The molecule has 0 spiro atoms. The molecule has 2 nitrogen and oxygen atoms in total. The van der Waals surface area contributed by atoms with Crippen LogP contribution < -0.4 is 0 Å². The Morgan fingerprint density at radius 2 is 2.12 bits per heavy atom. The van der Waals surface area contributed by atoms with Crippen LogP contribution in [0.25, 0.3) is 11.0 Å². The molecule has 0 bridgehead atoms. The largest absolute Gasteiger partial charge is 0.455 e. The number of aliphatic hydroxyl groups is 1. The van der Waals surface area contributed by atoms with Gasteiger partial charge in [-0.25, -0.2) is 4.39 Å². The number of halogens is 1. The molecule has 1 atom stereocenters. The van der Waals surface area contributed by atoms with E-state index in [1.54, 1.807) is 18.2 Å². The minimum atomic E-state index is -0.723. The highest BCUT2D eigenvalue weighted by Crippen LogP contribution is 2.38. The maximum atomic E-state index is 13.5. The van der Waals surface area contributed by atoms with Crippen LogP contribution in [-0.4, -0.2) is 5.11 Å². The van der Waals surface area contributed by atoms with Gasteiger partial charge in [0.05, 0.1) is 0 Å². The fraction of sp³-hybridized carbons (Fsp3) is 0.429. The predicted octanol–water partition coefficient (Wildman–Crippen LogP) is 4.04. The number of benzene rings is 1. The molecule has 1 heterocycles. The SMILES string of the molecule is CCC(C)(C)C(O)c1cc2cccc(F)c2o1. The van der Waals surface area contributed by atoms with Crippen LogP contribution in [0.5, 0.6) is 0 Å². The van der Waals surface area contributed by atoms with Gasteiger partial charge >= 0.3 is 0 Å². The van der Waals surface area contributed by atoms with E-state index in [0.29, 0.717) is 11.1 Å². The van der Waals surface area contributed by atoms with Gasteiger partial charge < -0.3 is 9.52 Å². The second-order valence-electron chi connectivity index (χ2n) is 5.05. The normalized spacial score (nSPS) is 14.2. The smallest absolute Gasteiger partial charge is 0.170 e. The molecule has 1 aromatic carbocycles. The van der Waals surface area contributed by atoms with E-state index in [0.717, 1.165) is 6.42 Å². The summed E-state index contributed by atoms with van der Waals surface area (Å²) in [4.78, 5) is 0. The summed E-state index contributed by atoms with van der Waals surface area (Å²) in [5.41, 5.74) is -0.0712. The first-order valence-electron chi connectivity index (χ1n) is 5.81. The average Bonchev–Trinajstić information content (AvgIpc) is 2.73. The molecule has 0 aliphatic carbocycles. The molecule has 0 saturated carbocycles. The fourth-order valence-electron chi connectivity index (χ4n) is 1.76. The Hall–Kier alpha value is -1.35. The Kier molecular flexibility index (Phi) is 2.96. The van der Waals surface area contributed by atoms with Crippen molar-refractivity contribution in [2.24, 2.45) is 5.41 Å². The highest BCUT2D eigenvalue weighted by atomic mass is 19.1. The molecular weight excluding hydrogens is 219 g/mol. The zero-order chi connectivity index (χ0) is 12.6. The summed E-state index contributed by atoms with van der Waals surface area (Å²) >= 11 is 0. The zero-order valence-corrected chi connectivity index (χ0v) is 10.3. The molecule has 0 radical (unpaired) electrons. The molecule has 92 valence electrons. The number of rotatable bonds is 3. The minimum Gasteiger partial charge on any atom is -0.455 e. The maximum absolute atomic E-state index is 13.5. The number of hydrogen-bond acceptors (Lipinski definition) is 2. The van der Waals surface area contributed by atoms with Crippen molar-refractivity contribution >= 4 is 11.0 Å². The summed E-state index contributed by atoms with van der Waals surface area (Å²) in [6, 6.07) is 6.47. The van der Waals surface area contributed by atoms with Gasteiger partial charge in [-0.2, -0.15) is 0 Å². The summed E-state index contributed by atoms with van der Waals surface area (Å²) in [6.07, 6.45) is 0.0903. The van der Waals surface area contributed by atoms with E-state index < -0.39 is 11.9 Å². The van der Waals surface area contributed by atoms with Gasteiger partial charge in [-0.3, -0.25) is 0 Å². The van der Waals surface area contributed by atoms with Gasteiger partial charge in [0.1, 0.15) is 11.9 Å². The van der Waals surface area contributed by atoms with Crippen LogP contribution in [0.1, 0.15) is 39.1 Å². The summed E-state index contributed by atoms with van der Waals surface area (Å²) in [6.45, 7) is 5.93. The van der Waals surface area contributed by atoms with Crippen LogP contribution in [0.2, 0.25) is 0 Å². The first-order valence-corrected chi connectivity index (χ1v) is 5.81. The van der Waals surface area contributed by atoms with E-state index in [9.17, 15) is 9.50 Å². The first kappa shape index (κ1) is 12.1. The molecule has 0 saturated heterocycles. The number of hydrogen-bond donors (Lipinski definition) is 1. The highest BCUT2D eigenvalue weighted by molar-refractivity contribution is 5.78. The summed E-state index contributed by atoms with van der Waals surface area (Å²) < 4.78 is 18.9. The molecule has 0 amide bonds. The molecule has 2 aromatic rings.